The van der Waals surface area contributed by atoms with Crippen molar-refractivity contribution < 1.29 is 4.79 Å². The van der Waals surface area contributed by atoms with Gasteiger partial charge >= 0.3 is 0 Å². The highest BCUT2D eigenvalue weighted by atomic mass is 16.1. The van der Waals surface area contributed by atoms with Crippen LogP contribution in [0.2, 0.25) is 0 Å². The number of hydrogen-bond donors (Lipinski definition) is 2. The monoisotopic (exact) mass is 329 g/mol. The van der Waals surface area contributed by atoms with Crippen molar-refractivity contribution >= 4 is 27.7 Å². The van der Waals surface area contributed by atoms with E-state index < -0.39 is 0 Å². The number of rotatable bonds is 3. The number of carbonyl (C=O) groups excluding carboxylic acids is 1. The zero-order chi connectivity index (χ0) is 17.4. The van der Waals surface area contributed by atoms with Crippen molar-refractivity contribution in [2.24, 2.45) is 0 Å². The van der Waals surface area contributed by atoms with E-state index in [1.165, 1.54) is 17.7 Å². The van der Waals surface area contributed by atoms with Crippen molar-refractivity contribution in [3.63, 3.8) is 0 Å². The van der Waals surface area contributed by atoms with Crippen molar-refractivity contribution in [1.82, 2.24) is 15.3 Å². The lowest BCUT2D eigenvalue weighted by atomic mass is 10.0. The zero-order valence-corrected chi connectivity index (χ0v) is 14.3. The van der Waals surface area contributed by atoms with E-state index in [4.69, 9.17) is 0 Å². The molecule has 0 atom stereocenters. The average molecular weight is 329 g/mol. The van der Waals surface area contributed by atoms with Crippen LogP contribution >= 0.6 is 0 Å². The van der Waals surface area contributed by atoms with Crippen LogP contribution < -0.4 is 5.32 Å². The van der Waals surface area contributed by atoms with Crippen LogP contribution in [0.4, 0.5) is 0 Å². The van der Waals surface area contributed by atoms with Gasteiger partial charge < -0.3 is 10.3 Å². The minimum atomic E-state index is -0.0189. The quantitative estimate of drug-likeness (QED) is 0.588. The van der Waals surface area contributed by atoms with E-state index >= 15 is 0 Å². The first-order chi connectivity index (χ1) is 12.1. The lowest BCUT2D eigenvalue weighted by molar-refractivity contribution is -0.119. The Labute approximate surface area is 145 Å². The van der Waals surface area contributed by atoms with E-state index in [-0.39, 0.29) is 5.91 Å². The molecule has 4 rings (SSSR count). The number of fused-ring (bicyclic) bond motifs is 3. The van der Waals surface area contributed by atoms with Crippen molar-refractivity contribution in [2.75, 3.05) is 0 Å². The molecular weight excluding hydrogens is 310 g/mol. The normalized spacial score (nSPS) is 11.1. The second kappa shape index (κ2) is 6.06. The number of benzene rings is 2. The Balaban J connectivity index is 1.79. The first-order valence-corrected chi connectivity index (χ1v) is 8.32. The molecule has 0 radical (unpaired) electrons. The fraction of sp³-hybridized carbons (Fsp3) is 0.143. The molecule has 0 bridgehead atoms. The van der Waals surface area contributed by atoms with Gasteiger partial charge in [-0.1, -0.05) is 24.3 Å². The van der Waals surface area contributed by atoms with Gasteiger partial charge in [0.15, 0.2) is 0 Å². The molecule has 2 aromatic heterocycles. The SMILES string of the molecule is CC(=O)NCc1cccc(-c2ccc3[nH]c4c(C)nccc4c3c2)c1. The molecule has 25 heavy (non-hydrogen) atoms. The fourth-order valence-corrected chi connectivity index (χ4v) is 3.23. The summed E-state index contributed by atoms with van der Waals surface area (Å²) in [6.45, 7) is 4.10. The summed E-state index contributed by atoms with van der Waals surface area (Å²) in [6.07, 6.45) is 1.85. The summed E-state index contributed by atoms with van der Waals surface area (Å²) in [7, 11) is 0. The van der Waals surface area contributed by atoms with Crippen molar-refractivity contribution in [1.29, 1.82) is 0 Å². The first kappa shape index (κ1) is 15.4. The summed E-state index contributed by atoms with van der Waals surface area (Å²) in [5, 5.41) is 5.24. The summed E-state index contributed by atoms with van der Waals surface area (Å²) >= 11 is 0. The number of aromatic amines is 1. The Kier molecular flexibility index (Phi) is 3.73. The summed E-state index contributed by atoms with van der Waals surface area (Å²) in [6, 6.07) is 16.8. The number of aryl methyl sites for hydroxylation is 1. The van der Waals surface area contributed by atoms with E-state index in [1.54, 1.807) is 0 Å². The molecule has 1 amide bonds. The van der Waals surface area contributed by atoms with Gasteiger partial charge in [-0.3, -0.25) is 9.78 Å². The van der Waals surface area contributed by atoms with E-state index in [9.17, 15) is 4.79 Å². The molecule has 0 aliphatic heterocycles. The molecule has 0 aliphatic carbocycles. The predicted molar refractivity (Wildman–Crippen MR) is 101 cm³/mol. The van der Waals surface area contributed by atoms with Crippen LogP contribution in [0.25, 0.3) is 32.9 Å². The smallest absolute Gasteiger partial charge is 0.217 e. The molecule has 2 N–H and O–H groups in total. The first-order valence-electron chi connectivity index (χ1n) is 8.32. The van der Waals surface area contributed by atoms with Gasteiger partial charge in [-0.25, -0.2) is 0 Å². The molecule has 0 fully saturated rings. The maximum Gasteiger partial charge on any atom is 0.217 e. The van der Waals surface area contributed by atoms with Gasteiger partial charge in [-0.15, -0.1) is 0 Å². The highest BCUT2D eigenvalue weighted by Gasteiger charge is 2.08. The van der Waals surface area contributed by atoms with Gasteiger partial charge in [-0.2, -0.15) is 0 Å². The minimum Gasteiger partial charge on any atom is -0.353 e. The van der Waals surface area contributed by atoms with Gasteiger partial charge in [0.1, 0.15) is 0 Å². The Morgan fingerprint density at radius 1 is 1.08 bits per heavy atom. The largest absolute Gasteiger partial charge is 0.353 e. The standard InChI is InChI=1S/C21H19N3O/c1-13-21-18(8-9-22-13)19-11-17(6-7-20(19)24-21)16-5-3-4-15(10-16)12-23-14(2)25/h3-11,24H,12H2,1-2H3,(H,23,25). The van der Waals surface area contributed by atoms with E-state index in [0.717, 1.165) is 33.4 Å². The third kappa shape index (κ3) is 2.87. The van der Waals surface area contributed by atoms with Gasteiger partial charge in [0.25, 0.3) is 0 Å². The number of pyridine rings is 1. The number of amides is 1. The third-order valence-electron chi connectivity index (χ3n) is 4.51. The number of nitrogens with one attached hydrogen (secondary N) is 2. The third-order valence-corrected chi connectivity index (χ3v) is 4.51. The second-order valence-corrected chi connectivity index (χ2v) is 6.31. The Hall–Kier alpha value is -3.14. The van der Waals surface area contributed by atoms with Crippen LogP contribution in [0.1, 0.15) is 18.2 Å². The van der Waals surface area contributed by atoms with E-state index in [1.807, 2.05) is 25.3 Å². The van der Waals surface area contributed by atoms with E-state index in [0.29, 0.717) is 6.54 Å². The van der Waals surface area contributed by atoms with Crippen molar-refractivity contribution in [2.45, 2.75) is 20.4 Å². The molecule has 0 saturated heterocycles. The van der Waals surface area contributed by atoms with Gasteiger partial charge in [0.05, 0.1) is 11.2 Å². The van der Waals surface area contributed by atoms with Crippen LogP contribution in [0.15, 0.2) is 54.7 Å². The summed E-state index contributed by atoms with van der Waals surface area (Å²) in [5.41, 5.74) is 6.61. The maximum atomic E-state index is 11.1. The average Bonchev–Trinajstić information content (AvgIpc) is 3.00. The Morgan fingerprint density at radius 3 is 2.76 bits per heavy atom. The van der Waals surface area contributed by atoms with Crippen LogP contribution in [-0.2, 0) is 11.3 Å². The number of nitrogens with zero attached hydrogens (tertiary/aromatic N) is 1. The lowest BCUT2D eigenvalue weighted by Crippen LogP contribution is -2.18. The molecule has 0 saturated carbocycles. The van der Waals surface area contributed by atoms with Crippen molar-refractivity contribution in [3.05, 3.63) is 66.0 Å². The van der Waals surface area contributed by atoms with Gasteiger partial charge in [-0.05, 0) is 47.9 Å². The molecule has 2 aromatic carbocycles. The van der Waals surface area contributed by atoms with E-state index in [2.05, 4.69) is 51.7 Å². The summed E-state index contributed by atoms with van der Waals surface area (Å²) < 4.78 is 0. The minimum absolute atomic E-state index is 0.0189. The van der Waals surface area contributed by atoms with Crippen molar-refractivity contribution in [3.8, 4) is 11.1 Å². The highest BCUT2D eigenvalue weighted by molar-refractivity contribution is 6.09. The predicted octanol–water partition coefficient (Wildman–Crippen LogP) is 4.33. The maximum absolute atomic E-state index is 11.1. The van der Waals surface area contributed by atoms with Crippen LogP contribution in [0.3, 0.4) is 0 Å². The molecule has 4 nitrogen and oxygen atoms in total. The summed E-state index contributed by atoms with van der Waals surface area (Å²) in [4.78, 5) is 18.9. The number of hydrogen-bond acceptors (Lipinski definition) is 2. The van der Waals surface area contributed by atoms with Crippen LogP contribution in [0.5, 0.6) is 0 Å². The Morgan fingerprint density at radius 2 is 1.92 bits per heavy atom. The molecule has 0 spiro atoms. The highest BCUT2D eigenvalue weighted by Crippen LogP contribution is 2.31. The Bertz CT molecular complexity index is 1090. The van der Waals surface area contributed by atoms with Gasteiger partial charge in [0, 0.05) is 36.0 Å². The zero-order valence-electron chi connectivity index (χ0n) is 14.3. The lowest BCUT2D eigenvalue weighted by Gasteiger charge is -2.07. The number of carbonyl (C=O) groups is 1. The number of H-pyrrole nitrogens is 1. The second-order valence-electron chi connectivity index (χ2n) is 6.31. The molecule has 2 heterocycles. The van der Waals surface area contributed by atoms with Crippen LogP contribution in [0, 0.1) is 6.92 Å². The summed E-state index contributed by atoms with van der Waals surface area (Å²) in [5.74, 6) is -0.0189. The fourth-order valence-electron chi connectivity index (χ4n) is 3.23. The topological polar surface area (TPSA) is 57.8 Å². The van der Waals surface area contributed by atoms with Crippen LogP contribution in [-0.4, -0.2) is 15.9 Å². The molecule has 124 valence electrons. The molecule has 4 heteroatoms. The molecule has 0 aliphatic rings. The molecule has 4 aromatic rings. The number of aromatic nitrogens is 2. The van der Waals surface area contributed by atoms with Gasteiger partial charge in [0.2, 0.25) is 5.91 Å². The molecular formula is C21H19N3O. The molecule has 0 unspecified atom stereocenters.